The molecule has 1 unspecified atom stereocenters. The molecule has 1 aromatic rings. The van der Waals surface area contributed by atoms with Crippen LogP contribution in [-0.4, -0.2) is 13.0 Å². The number of hydrogen-bond acceptors (Lipinski definition) is 2. The van der Waals surface area contributed by atoms with Gasteiger partial charge in [0.25, 0.3) is 0 Å². The number of nitrogens with two attached hydrogens (primary N) is 1. The summed E-state index contributed by atoms with van der Waals surface area (Å²) in [6.07, 6.45) is -4.38. The molecular formula is C10H11F3N2O. The number of benzene rings is 1. The summed E-state index contributed by atoms with van der Waals surface area (Å²) in [5, 5.41) is 2.32. The third-order valence-corrected chi connectivity index (χ3v) is 2.13. The van der Waals surface area contributed by atoms with Gasteiger partial charge in [-0.05, 0) is 17.7 Å². The molecule has 0 saturated carbocycles. The summed E-state index contributed by atoms with van der Waals surface area (Å²) >= 11 is 0. The molecule has 0 aliphatic heterocycles. The van der Waals surface area contributed by atoms with E-state index in [2.05, 4.69) is 5.32 Å². The van der Waals surface area contributed by atoms with Gasteiger partial charge in [0.1, 0.15) is 6.04 Å². The number of likely N-dealkylation sites (N-methyl/N-ethyl adjacent to an activating group) is 1. The van der Waals surface area contributed by atoms with Crippen molar-refractivity contribution < 1.29 is 18.0 Å². The first kappa shape index (κ1) is 12.5. The second kappa shape index (κ2) is 4.52. The van der Waals surface area contributed by atoms with E-state index in [9.17, 15) is 18.0 Å². The zero-order valence-corrected chi connectivity index (χ0v) is 8.51. The van der Waals surface area contributed by atoms with Crippen LogP contribution in [-0.2, 0) is 11.0 Å². The Morgan fingerprint density at radius 1 is 1.31 bits per heavy atom. The van der Waals surface area contributed by atoms with E-state index in [1.165, 1.54) is 19.2 Å². The third-order valence-electron chi connectivity index (χ3n) is 2.13. The lowest BCUT2D eigenvalue weighted by atomic mass is 10.0. The Balaban J connectivity index is 2.91. The van der Waals surface area contributed by atoms with Crippen LogP contribution in [0, 0.1) is 0 Å². The number of carbonyl (C=O) groups is 1. The molecule has 0 bridgehead atoms. The number of rotatable bonds is 2. The van der Waals surface area contributed by atoms with E-state index >= 15 is 0 Å². The summed E-state index contributed by atoms with van der Waals surface area (Å²) in [6, 6.07) is 3.24. The van der Waals surface area contributed by atoms with Gasteiger partial charge >= 0.3 is 6.18 Å². The smallest absolute Gasteiger partial charge is 0.358 e. The molecule has 0 radical (unpaired) electrons. The molecule has 1 aromatic carbocycles. The zero-order chi connectivity index (χ0) is 12.3. The van der Waals surface area contributed by atoms with Crippen LogP contribution in [0.15, 0.2) is 24.3 Å². The molecule has 88 valence electrons. The Kier molecular flexibility index (Phi) is 3.54. The minimum atomic E-state index is -4.38. The van der Waals surface area contributed by atoms with E-state index < -0.39 is 23.7 Å². The highest BCUT2D eigenvalue weighted by Crippen LogP contribution is 2.29. The maximum absolute atomic E-state index is 12.2. The van der Waals surface area contributed by atoms with Gasteiger partial charge in [0.05, 0.1) is 5.56 Å². The molecule has 3 N–H and O–H groups in total. The Bertz CT molecular complexity index is 373. The first-order valence-electron chi connectivity index (χ1n) is 4.50. The number of nitrogens with one attached hydrogen (secondary N) is 1. The van der Waals surface area contributed by atoms with Crippen LogP contribution in [0.4, 0.5) is 13.2 Å². The van der Waals surface area contributed by atoms with Gasteiger partial charge in [-0.25, -0.2) is 0 Å². The van der Waals surface area contributed by atoms with E-state index in [-0.39, 0.29) is 0 Å². The highest BCUT2D eigenvalue weighted by atomic mass is 19.4. The topological polar surface area (TPSA) is 55.1 Å². The lowest BCUT2D eigenvalue weighted by Gasteiger charge is -2.12. The van der Waals surface area contributed by atoms with Crippen LogP contribution >= 0.6 is 0 Å². The monoisotopic (exact) mass is 232 g/mol. The van der Waals surface area contributed by atoms with Crippen molar-refractivity contribution >= 4 is 5.91 Å². The molecule has 0 aliphatic rings. The first-order valence-corrected chi connectivity index (χ1v) is 4.50. The van der Waals surface area contributed by atoms with Crippen molar-refractivity contribution in [2.75, 3.05) is 7.05 Å². The number of alkyl halides is 3. The molecule has 1 atom stereocenters. The van der Waals surface area contributed by atoms with Crippen molar-refractivity contribution in [1.82, 2.24) is 5.32 Å². The first-order chi connectivity index (χ1) is 7.36. The van der Waals surface area contributed by atoms with Gasteiger partial charge in [-0.2, -0.15) is 13.2 Å². The van der Waals surface area contributed by atoms with Crippen LogP contribution in [0.1, 0.15) is 17.2 Å². The van der Waals surface area contributed by atoms with Crippen LogP contribution < -0.4 is 11.1 Å². The van der Waals surface area contributed by atoms with Crippen LogP contribution in [0.3, 0.4) is 0 Å². The lowest BCUT2D eigenvalue weighted by Crippen LogP contribution is -2.31. The Labute approximate surface area is 90.4 Å². The molecule has 0 spiro atoms. The normalized spacial score (nSPS) is 13.3. The fourth-order valence-corrected chi connectivity index (χ4v) is 1.19. The molecule has 0 aliphatic carbocycles. The van der Waals surface area contributed by atoms with Crippen LogP contribution in [0.25, 0.3) is 0 Å². The minimum Gasteiger partial charge on any atom is -0.358 e. The predicted molar refractivity (Wildman–Crippen MR) is 52.4 cm³/mol. The summed E-state index contributed by atoms with van der Waals surface area (Å²) in [6.45, 7) is 0. The molecular weight excluding hydrogens is 221 g/mol. The highest BCUT2D eigenvalue weighted by Gasteiger charge is 2.30. The fraction of sp³-hybridized carbons (Fsp3) is 0.300. The molecule has 0 heterocycles. The number of amides is 1. The summed E-state index contributed by atoms with van der Waals surface area (Å²) in [5.41, 5.74) is 5.09. The van der Waals surface area contributed by atoms with Gasteiger partial charge in [0.15, 0.2) is 0 Å². The van der Waals surface area contributed by atoms with E-state index in [0.717, 1.165) is 12.1 Å². The van der Waals surface area contributed by atoms with Crippen LogP contribution in [0.5, 0.6) is 0 Å². The fourth-order valence-electron chi connectivity index (χ4n) is 1.19. The molecule has 0 aromatic heterocycles. The summed E-state index contributed by atoms with van der Waals surface area (Å²) < 4.78 is 36.7. The molecule has 6 heteroatoms. The number of hydrogen-bond donors (Lipinski definition) is 2. The maximum Gasteiger partial charge on any atom is 0.416 e. The van der Waals surface area contributed by atoms with E-state index in [1.807, 2.05) is 0 Å². The Morgan fingerprint density at radius 2 is 1.81 bits per heavy atom. The maximum atomic E-state index is 12.2. The highest BCUT2D eigenvalue weighted by molar-refractivity contribution is 5.82. The minimum absolute atomic E-state index is 0.340. The van der Waals surface area contributed by atoms with Crippen molar-refractivity contribution in [3.05, 3.63) is 35.4 Å². The van der Waals surface area contributed by atoms with E-state index in [0.29, 0.717) is 5.56 Å². The van der Waals surface area contributed by atoms with Gasteiger partial charge in [-0.1, -0.05) is 12.1 Å². The Morgan fingerprint density at radius 3 is 2.19 bits per heavy atom. The van der Waals surface area contributed by atoms with Crippen LogP contribution in [0.2, 0.25) is 0 Å². The summed E-state index contributed by atoms with van der Waals surface area (Å²) in [5.74, 6) is -0.445. The van der Waals surface area contributed by atoms with Gasteiger partial charge < -0.3 is 11.1 Å². The molecule has 0 saturated heterocycles. The quantitative estimate of drug-likeness (QED) is 0.810. The van der Waals surface area contributed by atoms with Gasteiger partial charge in [-0.15, -0.1) is 0 Å². The molecule has 3 nitrogen and oxygen atoms in total. The Hall–Kier alpha value is -1.56. The summed E-state index contributed by atoms with van der Waals surface area (Å²) in [7, 11) is 1.41. The second-order valence-corrected chi connectivity index (χ2v) is 3.21. The largest absolute Gasteiger partial charge is 0.416 e. The van der Waals surface area contributed by atoms with Gasteiger partial charge in [0, 0.05) is 7.05 Å². The second-order valence-electron chi connectivity index (χ2n) is 3.21. The van der Waals surface area contributed by atoms with Crippen molar-refractivity contribution in [3.8, 4) is 0 Å². The third kappa shape index (κ3) is 2.73. The average Bonchev–Trinajstić information content (AvgIpc) is 2.26. The average molecular weight is 232 g/mol. The molecule has 0 fully saturated rings. The van der Waals surface area contributed by atoms with Crippen molar-refractivity contribution in [1.29, 1.82) is 0 Å². The summed E-state index contributed by atoms with van der Waals surface area (Å²) in [4.78, 5) is 11.1. The van der Waals surface area contributed by atoms with Gasteiger partial charge in [0.2, 0.25) is 5.91 Å². The standard InChI is InChI=1S/C10H11F3N2O/c1-15-9(16)8(14)6-2-4-7(5-3-6)10(11,12)13/h2-5,8H,14H2,1H3,(H,15,16). The lowest BCUT2D eigenvalue weighted by molar-refractivity contribution is -0.137. The van der Waals surface area contributed by atoms with Crippen molar-refractivity contribution in [2.45, 2.75) is 12.2 Å². The van der Waals surface area contributed by atoms with E-state index in [1.54, 1.807) is 0 Å². The number of carbonyl (C=O) groups excluding carboxylic acids is 1. The predicted octanol–water partition coefficient (Wildman–Crippen LogP) is 1.45. The molecule has 1 rings (SSSR count). The zero-order valence-electron chi connectivity index (χ0n) is 8.51. The van der Waals surface area contributed by atoms with E-state index in [4.69, 9.17) is 5.73 Å². The molecule has 1 amide bonds. The van der Waals surface area contributed by atoms with Gasteiger partial charge in [-0.3, -0.25) is 4.79 Å². The van der Waals surface area contributed by atoms with Crippen molar-refractivity contribution in [3.63, 3.8) is 0 Å². The SMILES string of the molecule is CNC(=O)C(N)c1ccc(C(F)(F)F)cc1. The number of halogens is 3. The van der Waals surface area contributed by atoms with Crippen molar-refractivity contribution in [2.24, 2.45) is 5.73 Å². The molecule has 16 heavy (non-hydrogen) atoms.